The molecule has 0 atom stereocenters. The maximum absolute atomic E-state index is 13.0. The fourth-order valence-corrected chi connectivity index (χ4v) is 1.39. The van der Waals surface area contributed by atoms with Crippen LogP contribution in [0.1, 0.15) is 11.1 Å². The van der Waals surface area contributed by atoms with Crippen LogP contribution in [0.15, 0.2) is 16.6 Å². The monoisotopic (exact) mass is 256 g/mol. The molecule has 1 aromatic carbocycles. The van der Waals surface area contributed by atoms with Crippen molar-refractivity contribution in [2.75, 3.05) is 0 Å². The van der Waals surface area contributed by atoms with Crippen molar-refractivity contribution in [1.82, 2.24) is 0 Å². The summed E-state index contributed by atoms with van der Waals surface area (Å²) in [4.78, 5) is 0. The molecule has 0 fully saturated rings. The molecule has 13 heavy (non-hydrogen) atoms. The average molecular weight is 257 g/mol. The Morgan fingerprint density at radius 2 is 1.77 bits per heavy atom. The lowest BCUT2D eigenvalue weighted by atomic mass is 10.1. The first-order valence-corrected chi connectivity index (χ1v) is 4.15. The molecule has 0 aromatic heterocycles. The van der Waals surface area contributed by atoms with E-state index in [2.05, 4.69) is 15.9 Å². The normalized spacial score (nSPS) is 11.8. The minimum absolute atomic E-state index is 0.0398. The molecule has 0 bridgehead atoms. The third-order valence-electron chi connectivity index (χ3n) is 1.64. The molecule has 72 valence electrons. The van der Waals surface area contributed by atoms with Crippen molar-refractivity contribution >= 4 is 15.9 Å². The molecule has 0 heterocycles. The number of hydrogen-bond donors (Lipinski definition) is 0. The fourth-order valence-electron chi connectivity index (χ4n) is 0.959. The van der Waals surface area contributed by atoms with Crippen molar-refractivity contribution in [1.29, 1.82) is 0 Å². The van der Waals surface area contributed by atoms with Gasteiger partial charge in [0.05, 0.1) is 10.0 Å². The zero-order chi connectivity index (χ0) is 10.2. The molecule has 0 saturated heterocycles. The van der Waals surface area contributed by atoms with Gasteiger partial charge in [0.25, 0.3) is 0 Å². The van der Waals surface area contributed by atoms with E-state index in [1.165, 1.54) is 0 Å². The van der Waals surface area contributed by atoms with Crippen LogP contribution in [-0.4, -0.2) is 0 Å². The first-order chi connectivity index (χ1) is 5.84. The van der Waals surface area contributed by atoms with Crippen LogP contribution < -0.4 is 0 Å². The van der Waals surface area contributed by atoms with Gasteiger partial charge in [-0.3, -0.25) is 0 Å². The number of benzene rings is 1. The number of halogens is 5. The quantitative estimate of drug-likeness (QED) is 0.618. The molecule has 0 radical (unpaired) electrons. The Morgan fingerprint density at radius 1 is 1.23 bits per heavy atom. The van der Waals surface area contributed by atoms with Gasteiger partial charge < -0.3 is 0 Å². The molecule has 0 saturated carbocycles. The van der Waals surface area contributed by atoms with Crippen molar-refractivity contribution in [3.63, 3.8) is 0 Å². The number of rotatable bonds is 0. The lowest BCUT2D eigenvalue weighted by Gasteiger charge is -2.10. The molecular formula is C8H5BrF4. The minimum atomic E-state index is -4.49. The highest BCUT2D eigenvalue weighted by Gasteiger charge is 2.33. The van der Waals surface area contributed by atoms with Gasteiger partial charge in [0.15, 0.2) is 0 Å². The van der Waals surface area contributed by atoms with E-state index in [4.69, 9.17) is 0 Å². The molecule has 0 aliphatic carbocycles. The number of alkyl halides is 3. The molecule has 0 unspecified atom stereocenters. The topological polar surface area (TPSA) is 0 Å². The van der Waals surface area contributed by atoms with Gasteiger partial charge in [0.1, 0.15) is 5.82 Å². The lowest BCUT2D eigenvalue weighted by Crippen LogP contribution is -2.08. The first-order valence-electron chi connectivity index (χ1n) is 3.36. The van der Waals surface area contributed by atoms with Gasteiger partial charge in [0.2, 0.25) is 0 Å². The Labute approximate surface area is 80.7 Å². The largest absolute Gasteiger partial charge is 0.416 e. The third-order valence-corrected chi connectivity index (χ3v) is 2.26. The average Bonchev–Trinajstić information content (AvgIpc) is 1.98. The van der Waals surface area contributed by atoms with Crippen molar-refractivity contribution in [3.8, 4) is 0 Å². The summed E-state index contributed by atoms with van der Waals surface area (Å²) >= 11 is 2.80. The molecule has 5 heteroatoms. The maximum atomic E-state index is 13.0. The Balaban J connectivity index is 3.35. The van der Waals surface area contributed by atoms with E-state index >= 15 is 0 Å². The van der Waals surface area contributed by atoms with Crippen molar-refractivity contribution in [3.05, 3.63) is 33.5 Å². The second-order valence-corrected chi connectivity index (χ2v) is 3.39. The molecule has 0 N–H and O–H groups in total. The van der Waals surface area contributed by atoms with E-state index in [-0.39, 0.29) is 10.0 Å². The standard InChI is InChI=1S/C8H5BrF4/c1-4-5(8(11,12)13)2-3-6(9)7(4)10/h2-3H,1H3. The van der Waals surface area contributed by atoms with Gasteiger partial charge in [-0.15, -0.1) is 0 Å². The van der Waals surface area contributed by atoms with Crippen LogP contribution >= 0.6 is 15.9 Å². The summed E-state index contributed by atoms with van der Waals surface area (Å²) in [5.41, 5.74) is -1.32. The number of hydrogen-bond acceptors (Lipinski definition) is 0. The van der Waals surface area contributed by atoms with E-state index in [1.54, 1.807) is 0 Å². The first kappa shape index (κ1) is 10.5. The SMILES string of the molecule is Cc1c(C(F)(F)F)ccc(Br)c1F. The Hall–Kier alpha value is -0.580. The zero-order valence-electron chi connectivity index (χ0n) is 6.54. The van der Waals surface area contributed by atoms with Crippen molar-refractivity contribution in [2.24, 2.45) is 0 Å². The summed E-state index contributed by atoms with van der Waals surface area (Å²) < 4.78 is 49.5. The smallest absolute Gasteiger partial charge is 0.205 e. The summed E-state index contributed by atoms with van der Waals surface area (Å²) in [6.45, 7) is 1.10. The lowest BCUT2D eigenvalue weighted by molar-refractivity contribution is -0.138. The van der Waals surface area contributed by atoms with E-state index < -0.39 is 17.6 Å². The Morgan fingerprint density at radius 3 is 2.23 bits per heavy atom. The van der Waals surface area contributed by atoms with E-state index in [0.29, 0.717) is 0 Å². The second kappa shape index (κ2) is 3.29. The Bertz CT molecular complexity index is 330. The van der Waals surface area contributed by atoms with Gasteiger partial charge in [-0.2, -0.15) is 13.2 Å². The van der Waals surface area contributed by atoms with Crippen LogP contribution in [0.25, 0.3) is 0 Å². The van der Waals surface area contributed by atoms with Gasteiger partial charge in [-0.25, -0.2) is 4.39 Å². The van der Waals surface area contributed by atoms with Gasteiger partial charge in [-0.1, -0.05) is 0 Å². The summed E-state index contributed by atoms with van der Waals surface area (Å²) in [5, 5.41) is 0. The molecule has 0 nitrogen and oxygen atoms in total. The second-order valence-electron chi connectivity index (χ2n) is 2.53. The highest BCUT2D eigenvalue weighted by atomic mass is 79.9. The molecule has 1 rings (SSSR count). The molecule has 0 aliphatic heterocycles. The highest BCUT2D eigenvalue weighted by molar-refractivity contribution is 9.10. The predicted molar refractivity (Wildman–Crippen MR) is 43.8 cm³/mol. The predicted octanol–water partition coefficient (Wildman–Crippen LogP) is 3.92. The zero-order valence-corrected chi connectivity index (χ0v) is 8.13. The molecular weight excluding hydrogens is 252 g/mol. The van der Waals surface area contributed by atoms with Crippen LogP contribution in [0.2, 0.25) is 0 Å². The van der Waals surface area contributed by atoms with Crippen LogP contribution in [0.3, 0.4) is 0 Å². The molecule has 0 aliphatic rings. The van der Waals surface area contributed by atoms with Gasteiger partial charge in [0, 0.05) is 0 Å². The summed E-state index contributed by atoms with van der Waals surface area (Å²) in [5.74, 6) is -0.866. The fraction of sp³-hybridized carbons (Fsp3) is 0.250. The van der Waals surface area contributed by atoms with E-state index in [1.807, 2.05) is 0 Å². The van der Waals surface area contributed by atoms with Crippen LogP contribution in [0, 0.1) is 12.7 Å². The van der Waals surface area contributed by atoms with Crippen LogP contribution in [0.4, 0.5) is 17.6 Å². The van der Waals surface area contributed by atoms with Crippen molar-refractivity contribution in [2.45, 2.75) is 13.1 Å². The Kier molecular flexibility index (Phi) is 2.66. The van der Waals surface area contributed by atoms with Crippen LogP contribution in [0.5, 0.6) is 0 Å². The third kappa shape index (κ3) is 2.02. The van der Waals surface area contributed by atoms with Crippen molar-refractivity contribution < 1.29 is 17.6 Å². The van der Waals surface area contributed by atoms with E-state index in [0.717, 1.165) is 19.1 Å². The highest BCUT2D eigenvalue weighted by Crippen LogP contribution is 2.34. The van der Waals surface area contributed by atoms with E-state index in [9.17, 15) is 17.6 Å². The molecule has 0 spiro atoms. The molecule has 1 aromatic rings. The molecule has 0 amide bonds. The summed E-state index contributed by atoms with van der Waals surface area (Å²) in [6.07, 6.45) is -4.49. The minimum Gasteiger partial charge on any atom is -0.205 e. The summed E-state index contributed by atoms with van der Waals surface area (Å²) in [6, 6.07) is 1.90. The summed E-state index contributed by atoms with van der Waals surface area (Å²) in [7, 11) is 0. The van der Waals surface area contributed by atoms with Gasteiger partial charge in [-0.05, 0) is 40.5 Å². The van der Waals surface area contributed by atoms with Crippen LogP contribution in [-0.2, 0) is 6.18 Å². The maximum Gasteiger partial charge on any atom is 0.416 e. The van der Waals surface area contributed by atoms with Gasteiger partial charge >= 0.3 is 6.18 Å².